The van der Waals surface area contributed by atoms with Gasteiger partial charge in [-0.05, 0) is 35.9 Å². The number of rotatable bonds is 9. The van der Waals surface area contributed by atoms with Crippen LogP contribution in [-0.4, -0.2) is 47.9 Å². The molecule has 0 amide bonds. The fraction of sp³-hybridized carbons (Fsp3) is 0.211. The fourth-order valence-electron chi connectivity index (χ4n) is 2.51. The van der Waals surface area contributed by atoms with Crippen LogP contribution >= 0.6 is 0 Å². The minimum atomic E-state index is -4.18. The highest BCUT2D eigenvalue weighted by atomic mass is 32.2. The molecular formula is C19H21NO8S. The van der Waals surface area contributed by atoms with Crippen LogP contribution in [0.1, 0.15) is 5.56 Å². The van der Waals surface area contributed by atoms with Crippen LogP contribution in [0.2, 0.25) is 0 Å². The van der Waals surface area contributed by atoms with E-state index in [0.29, 0.717) is 11.3 Å². The van der Waals surface area contributed by atoms with Crippen LogP contribution in [0.3, 0.4) is 0 Å². The Kier molecular flexibility index (Phi) is 6.94. The van der Waals surface area contributed by atoms with Crippen molar-refractivity contribution in [3.05, 3.63) is 42.0 Å². The molecule has 0 aromatic heterocycles. The molecule has 0 aliphatic carbocycles. The molecule has 0 fully saturated rings. The van der Waals surface area contributed by atoms with E-state index in [2.05, 4.69) is 4.72 Å². The highest BCUT2D eigenvalue weighted by molar-refractivity contribution is 7.92. The first-order chi connectivity index (χ1) is 13.7. The Morgan fingerprint density at radius 2 is 1.66 bits per heavy atom. The number of carboxylic acid groups (broad SMARTS) is 1. The third-order valence-corrected chi connectivity index (χ3v) is 5.20. The average Bonchev–Trinajstić information content (AvgIpc) is 2.70. The number of aliphatic carboxylic acids is 1. The maximum absolute atomic E-state index is 13.1. The van der Waals surface area contributed by atoms with E-state index >= 15 is 0 Å². The Morgan fingerprint density at radius 1 is 0.966 bits per heavy atom. The number of hydrogen-bond acceptors (Lipinski definition) is 7. The van der Waals surface area contributed by atoms with E-state index in [1.165, 1.54) is 52.7 Å². The Labute approximate surface area is 168 Å². The van der Waals surface area contributed by atoms with Crippen LogP contribution in [-0.2, 0) is 14.8 Å². The van der Waals surface area contributed by atoms with E-state index in [0.717, 1.165) is 6.08 Å². The number of benzene rings is 2. The van der Waals surface area contributed by atoms with E-state index in [1.54, 1.807) is 12.1 Å². The summed E-state index contributed by atoms with van der Waals surface area (Å²) in [6.45, 7) is 0. The summed E-state index contributed by atoms with van der Waals surface area (Å²) in [6, 6.07) is 7.38. The van der Waals surface area contributed by atoms with Gasteiger partial charge in [0, 0.05) is 12.1 Å². The molecule has 0 bridgehead atoms. The number of nitrogens with one attached hydrogen (secondary N) is 1. The van der Waals surface area contributed by atoms with E-state index in [9.17, 15) is 13.2 Å². The summed E-state index contributed by atoms with van der Waals surface area (Å²) < 4.78 is 49.5. The van der Waals surface area contributed by atoms with Crippen molar-refractivity contribution in [3.63, 3.8) is 0 Å². The van der Waals surface area contributed by atoms with Crippen molar-refractivity contribution in [2.24, 2.45) is 0 Å². The van der Waals surface area contributed by atoms with Gasteiger partial charge in [0.1, 0.15) is 16.4 Å². The van der Waals surface area contributed by atoms with E-state index in [4.69, 9.17) is 24.1 Å². The van der Waals surface area contributed by atoms with Gasteiger partial charge in [0.2, 0.25) is 0 Å². The highest BCUT2D eigenvalue weighted by Crippen LogP contribution is 2.38. The van der Waals surface area contributed by atoms with Gasteiger partial charge in [-0.1, -0.05) is 0 Å². The van der Waals surface area contributed by atoms with Crippen LogP contribution in [0, 0.1) is 0 Å². The normalized spacial score (nSPS) is 11.2. The lowest BCUT2D eigenvalue weighted by Gasteiger charge is -2.17. The van der Waals surface area contributed by atoms with Gasteiger partial charge in [-0.2, -0.15) is 0 Å². The molecule has 2 aromatic rings. The number of carboxylic acids is 1. The first-order valence-electron chi connectivity index (χ1n) is 8.17. The molecule has 156 valence electrons. The summed E-state index contributed by atoms with van der Waals surface area (Å²) in [7, 11) is 1.32. The van der Waals surface area contributed by atoms with E-state index in [1.807, 2.05) is 0 Å². The van der Waals surface area contributed by atoms with E-state index < -0.39 is 16.0 Å². The minimum Gasteiger partial charge on any atom is -0.497 e. The smallest absolute Gasteiger partial charge is 0.328 e. The van der Waals surface area contributed by atoms with Crippen molar-refractivity contribution in [1.29, 1.82) is 0 Å². The second-order valence-corrected chi connectivity index (χ2v) is 7.25. The molecule has 0 unspecified atom stereocenters. The molecule has 2 rings (SSSR count). The van der Waals surface area contributed by atoms with Gasteiger partial charge < -0.3 is 24.1 Å². The molecular weight excluding hydrogens is 402 g/mol. The van der Waals surface area contributed by atoms with Gasteiger partial charge in [0.15, 0.2) is 11.5 Å². The van der Waals surface area contributed by atoms with Gasteiger partial charge >= 0.3 is 5.97 Å². The van der Waals surface area contributed by atoms with Gasteiger partial charge in [-0.25, -0.2) is 13.2 Å². The molecule has 0 saturated heterocycles. The van der Waals surface area contributed by atoms with Crippen LogP contribution in [0.25, 0.3) is 6.08 Å². The lowest BCUT2D eigenvalue weighted by molar-refractivity contribution is -0.131. The monoisotopic (exact) mass is 423 g/mol. The highest BCUT2D eigenvalue weighted by Gasteiger charge is 2.25. The Bertz CT molecular complexity index is 1030. The molecule has 2 aromatic carbocycles. The number of anilines is 1. The fourth-order valence-corrected chi connectivity index (χ4v) is 3.78. The number of carbonyl (C=O) groups is 1. The minimum absolute atomic E-state index is 0.0330. The molecule has 0 aliphatic heterocycles. The summed E-state index contributed by atoms with van der Waals surface area (Å²) in [4.78, 5) is 10.6. The lowest BCUT2D eigenvalue weighted by atomic mass is 10.2. The van der Waals surface area contributed by atoms with Gasteiger partial charge in [-0.15, -0.1) is 0 Å². The second-order valence-electron chi connectivity index (χ2n) is 5.60. The summed E-state index contributed by atoms with van der Waals surface area (Å²) in [5.41, 5.74) is 0.447. The molecule has 0 saturated carbocycles. The Balaban J connectivity index is 2.61. The Hall–Kier alpha value is -3.40. The molecule has 0 radical (unpaired) electrons. The molecule has 0 aliphatic rings. The topological polar surface area (TPSA) is 120 Å². The zero-order valence-electron chi connectivity index (χ0n) is 16.3. The summed E-state index contributed by atoms with van der Waals surface area (Å²) in [6.07, 6.45) is 2.13. The quantitative estimate of drug-likeness (QED) is 0.591. The number of methoxy groups -OCH3 is 4. The van der Waals surface area contributed by atoms with Gasteiger partial charge in [-0.3, -0.25) is 4.72 Å². The first kappa shape index (κ1) is 21.9. The SMILES string of the molecule is COc1ccc(OC)c(NS(=O)(=O)c2cc(/C=C/C(=O)O)cc(OC)c2OC)c1. The van der Waals surface area contributed by atoms with Crippen molar-refractivity contribution < 1.29 is 37.3 Å². The predicted octanol–water partition coefficient (Wildman–Crippen LogP) is 2.62. The van der Waals surface area contributed by atoms with Crippen LogP contribution in [0.4, 0.5) is 5.69 Å². The standard InChI is InChI=1S/C19H21NO8S/c1-25-13-6-7-15(26-2)14(11-13)20-29(23,24)17-10-12(5-8-18(21)22)9-16(27-3)19(17)28-4/h5-11,20H,1-4H3,(H,21,22)/b8-5+. The van der Waals surface area contributed by atoms with Crippen LogP contribution in [0.5, 0.6) is 23.0 Å². The zero-order chi connectivity index (χ0) is 21.6. The third-order valence-electron chi connectivity index (χ3n) is 3.83. The summed E-state index contributed by atoms with van der Waals surface area (Å²) >= 11 is 0. The van der Waals surface area contributed by atoms with Gasteiger partial charge in [0.05, 0.1) is 34.1 Å². The number of hydrogen-bond donors (Lipinski definition) is 2. The predicted molar refractivity (Wildman–Crippen MR) is 107 cm³/mol. The lowest BCUT2D eigenvalue weighted by Crippen LogP contribution is -2.15. The molecule has 0 atom stereocenters. The first-order valence-corrected chi connectivity index (χ1v) is 9.66. The van der Waals surface area contributed by atoms with Crippen molar-refractivity contribution >= 4 is 27.8 Å². The summed E-state index contributed by atoms with van der Waals surface area (Å²) in [5.74, 6) is -0.385. The molecule has 10 heteroatoms. The van der Waals surface area contributed by atoms with Crippen LogP contribution in [0.15, 0.2) is 41.3 Å². The number of sulfonamides is 1. The van der Waals surface area contributed by atoms with Gasteiger partial charge in [0.25, 0.3) is 10.0 Å². The van der Waals surface area contributed by atoms with E-state index in [-0.39, 0.29) is 27.8 Å². The zero-order valence-corrected chi connectivity index (χ0v) is 17.1. The molecule has 9 nitrogen and oxygen atoms in total. The molecule has 29 heavy (non-hydrogen) atoms. The third kappa shape index (κ3) is 5.11. The average molecular weight is 423 g/mol. The van der Waals surface area contributed by atoms with Crippen molar-refractivity contribution in [3.8, 4) is 23.0 Å². The molecule has 0 heterocycles. The van der Waals surface area contributed by atoms with Crippen LogP contribution < -0.4 is 23.7 Å². The maximum Gasteiger partial charge on any atom is 0.328 e. The van der Waals surface area contributed by atoms with Crippen molar-refractivity contribution in [2.45, 2.75) is 4.90 Å². The second kappa shape index (κ2) is 9.20. The Morgan fingerprint density at radius 3 is 2.21 bits per heavy atom. The maximum atomic E-state index is 13.1. The van der Waals surface area contributed by atoms with Crippen molar-refractivity contribution in [1.82, 2.24) is 0 Å². The molecule has 2 N–H and O–H groups in total. The number of ether oxygens (including phenoxy) is 4. The molecule has 0 spiro atoms. The van der Waals surface area contributed by atoms with Crippen molar-refractivity contribution in [2.75, 3.05) is 33.2 Å². The summed E-state index contributed by atoms with van der Waals surface area (Å²) in [5, 5.41) is 8.83. The largest absolute Gasteiger partial charge is 0.497 e.